The molecule has 2 saturated heterocycles. The first-order valence-corrected chi connectivity index (χ1v) is 8.35. The first kappa shape index (κ1) is 14.2. The molecule has 0 radical (unpaired) electrons. The minimum atomic E-state index is -3.11. The molecule has 2 heterocycles. The Morgan fingerprint density at radius 1 is 1.39 bits per heavy atom. The van der Waals surface area contributed by atoms with Gasteiger partial charge in [-0.3, -0.25) is 0 Å². The lowest BCUT2D eigenvalue weighted by Gasteiger charge is -2.29. The largest absolute Gasteiger partial charge is 0.315 e. The van der Waals surface area contributed by atoms with E-state index in [4.69, 9.17) is 0 Å². The second-order valence-electron chi connectivity index (χ2n) is 5.71. The Morgan fingerprint density at radius 2 is 2.17 bits per heavy atom. The molecule has 0 aliphatic carbocycles. The van der Waals surface area contributed by atoms with E-state index in [1.165, 1.54) is 0 Å². The highest BCUT2D eigenvalue weighted by Gasteiger charge is 2.33. The number of nitrogens with zero attached hydrogens (tertiary/aromatic N) is 2. The third-order valence-corrected chi connectivity index (χ3v) is 6.37. The van der Waals surface area contributed by atoms with Crippen LogP contribution in [0.3, 0.4) is 0 Å². The minimum absolute atomic E-state index is 0.226. The summed E-state index contributed by atoms with van der Waals surface area (Å²) in [6, 6.07) is 0. The maximum Gasteiger partial charge on any atom is 0.217 e. The molecule has 0 bridgehead atoms. The summed E-state index contributed by atoms with van der Waals surface area (Å²) in [6.45, 7) is 4.33. The molecule has 0 saturated carbocycles. The third-order valence-electron chi connectivity index (χ3n) is 4.11. The number of nitrogens with one attached hydrogen (secondary N) is 1. The molecular weight excluding hydrogens is 250 g/mol. The predicted octanol–water partition coefficient (Wildman–Crippen LogP) is -0.0483. The van der Waals surface area contributed by atoms with E-state index in [1.807, 2.05) is 0 Å². The van der Waals surface area contributed by atoms with Crippen molar-refractivity contribution in [2.24, 2.45) is 5.92 Å². The van der Waals surface area contributed by atoms with Crippen LogP contribution in [-0.4, -0.2) is 69.7 Å². The van der Waals surface area contributed by atoms with Gasteiger partial charge in [0.25, 0.3) is 0 Å². The number of hydrogen-bond acceptors (Lipinski definition) is 4. The topological polar surface area (TPSA) is 52.7 Å². The second kappa shape index (κ2) is 5.86. The summed E-state index contributed by atoms with van der Waals surface area (Å²) in [5.41, 5.74) is 0. The Kier molecular flexibility index (Phi) is 4.64. The molecule has 2 unspecified atom stereocenters. The fourth-order valence-electron chi connectivity index (χ4n) is 2.97. The Balaban J connectivity index is 1.92. The molecule has 106 valence electrons. The molecule has 0 aromatic rings. The molecule has 2 rings (SSSR count). The van der Waals surface area contributed by atoms with Gasteiger partial charge in [-0.2, -0.15) is 0 Å². The van der Waals surface area contributed by atoms with Gasteiger partial charge in [0.1, 0.15) is 0 Å². The summed E-state index contributed by atoms with van der Waals surface area (Å²) in [4.78, 5) is 2.27. The number of rotatable bonds is 4. The molecule has 0 amide bonds. The standard InChI is InChI=1S/C12H25N3O2S/c1-14-7-5-11(9-14)10-15(2)18(16,17)12-4-3-6-13-8-12/h11-13H,3-10H2,1-2H3. The zero-order chi connectivity index (χ0) is 13.2. The predicted molar refractivity (Wildman–Crippen MR) is 73.0 cm³/mol. The van der Waals surface area contributed by atoms with Gasteiger partial charge in [-0.05, 0) is 45.3 Å². The van der Waals surface area contributed by atoms with Crippen molar-refractivity contribution in [2.45, 2.75) is 24.5 Å². The van der Waals surface area contributed by atoms with Gasteiger partial charge < -0.3 is 10.2 Å². The number of piperidine rings is 1. The maximum absolute atomic E-state index is 12.4. The van der Waals surface area contributed by atoms with Crippen LogP contribution in [-0.2, 0) is 10.0 Å². The monoisotopic (exact) mass is 275 g/mol. The van der Waals surface area contributed by atoms with E-state index in [9.17, 15) is 8.42 Å². The van der Waals surface area contributed by atoms with Gasteiger partial charge in [0, 0.05) is 26.7 Å². The summed E-state index contributed by atoms with van der Waals surface area (Å²) in [6.07, 6.45) is 2.87. The zero-order valence-corrected chi connectivity index (χ0v) is 12.2. The van der Waals surface area contributed by atoms with Crippen molar-refractivity contribution >= 4 is 10.0 Å². The summed E-state index contributed by atoms with van der Waals surface area (Å²) < 4.78 is 26.4. The molecule has 0 aromatic carbocycles. The Morgan fingerprint density at radius 3 is 2.72 bits per heavy atom. The van der Waals surface area contributed by atoms with Crippen molar-refractivity contribution in [3.8, 4) is 0 Å². The van der Waals surface area contributed by atoms with Crippen molar-refractivity contribution in [1.29, 1.82) is 0 Å². The highest BCUT2D eigenvalue weighted by Crippen LogP contribution is 2.20. The van der Waals surface area contributed by atoms with Crippen LogP contribution in [0.5, 0.6) is 0 Å². The van der Waals surface area contributed by atoms with Crippen molar-refractivity contribution in [2.75, 3.05) is 46.8 Å². The van der Waals surface area contributed by atoms with E-state index >= 15 is 0 Å². The molecule has 0 aromatic heterocycles. The van der Waals surface area contributed by atoms with Gasteiger partial charge in [0.2, 0.25) is 10.0 Å². The molecule has 5 nitrogen and oxygen atoms in total. The normalized spacial score (nSPS) is 31.1. The van der Waals surface area contributed by atoms with E-state index in [0.717, 1.165) is 38.9 Å². The van der Waals surface area contributed by atoms with Crippen molar-refractivity contribution in [1.82, 2.24) is 14.5 Å². The lowest BCUT2D eigenvalue weighted by molar-refractivity contribution is 0.351. The van der Waals surface area contributed by atoms with Crippen LogP contribution < -0.4 is 5.32 Å². The second-order valence-corrected chi connectivity index (χ2v) is 8.03. The summed E-state index contributed by atoms with van der Waals surface area (Å²) in [5, 5.41) is 2.96. The van der Waals surface area contributed by atoms with Crippen LogP contribution in [0.2, 0.25) is 0 Å². The smallest absolute Gasteiger partial charge is 0.217 e. The molecule has 6 heteroatoms. The molecule has 18 heavy (non-hydrogen) atoms. The SMILES string of the molecule is CN1CCC(CN(C)S(=O)(=O)C2CCCNC2)C1. The van der Waals surface area contributed by atoms with E-state index in [2.05, 4.69) is 17.3 Å². The molecule has 2 atom stereocenters. The van der Waals surface area contributed by atoms with Crippen LogP contribution in [0, 0.1) is 5.92 Å². The third kappa shape index (κ3) is 3.23. The molecule has 2 fully saturated rings. The van der Waals surface area contributed by atoms with Crippen LogP contribution >= 0.6 is 0 Å². The van der Waals surface area contributed by atoms with Gasteiger partial charge in [-0.15, -0.1) is 0 Å². The highest BCUT2D eigenvalue weighted by molar-refractivity contribution is 7.89. The van der Waals surface area contributed by atoms with Gasteiger partial charge in [-0.25, -0.2) is 12.7 Å². The highest BCUT2D eigenvalue weighted by atomic mass is 32.2. The average Bonchev–Trinajstić information content (AvgIpc) is 2.76. The van der Waals surface area contributed by atoms with Crippen LogP contribution in [0.15, 0.2) is 0 Å². The molecule has 2 aliphatic heterocycles. The van der Waals surface area contributed by atoms with Crippen molar-refractivity contribution < 1.29 is 8.42 Å². The van der Waals surface area contributed by atoms with Crippen LogP contribution in [0.25, 0.3) is 0 Å². The quantitative estimate of drug-likeness (QED) is 0.782. The lowest BCUT2D eigenvalue weighted by Crippen LogP contribution is -2.46. The Bertz CT molecular complexity index is 366. The van der Waals surface area contributed by atoms with E-state index in [0.29, 0.717) is 19.0 Å². The van der Waals surface area contributed by atoms with E-state index < -0.39 is 10.0 Å². The summed E-state index contributed by atoms with van der Waals surface area (Å²) in [7, 11) is 0.720. The van der Waals surface area contributed by atoms with Crippen LogP contribution in [0.4, 0.5) is 0 Å². The Labute approximate surface area is 111 Å². The van der Waals surface area contributed by atoms with E-state index in [1.54, 1.807) is 11.4 Å². The number of likely N-dealkylation sites (tertiary alicyclic amines) is 1. The van der Waals surface area contributed by atoms with Crippen molar-refractivity contribution in [3.05, 3.63) is 0 Å². The first-order valence-electron chi connectivity index (χ1n) is 6.84. The number of hydrogen-bond donors (Lipinski definition) is 1. The fourth-order valence-corrected chi connectivity index (χ4v) is 4.69. The van der Waals surface area contributed by atoms with Gasteiger partial charge in [0.15, 0.2) is 0 Å². The first-order chi connectivity index (χ1) is 8.50. The summed E-state index contributed by atoms with van der Waals surface area (Å²) >= 11 is 0. The maximum atomic E-state index is 12.4. The molecule has 1 N–H and O–H groups in total. The lowest BCUT2D eigenvalue weighted by atomic mass is 10.1. The average molecular weight is 275 g/mol. The Hall–Kier alpha value is -0.170. The van der Waals surface area contributed by atoms with E-state index in [-0.39, 0.29) is 5.25 Å². The zero-order valence-electron chi connectivity index (χ0n) is 11.4. The fraction of sp³-hybridized carbons (Fsp3) is 1.00. The molecular formula is C12H25N3O2S. The van der Waals surface area contributed by atoms with Gasteiger partial charge in [-0.1, -0.05) is 0 Å². The van der Waals surface area contributed by atoms with Crippen molar-refractivity contribution in [3.63, 3.8) is 0 Å². The number of sulfonamides is 1. The summed E-state index contributed by atoms with van der Waals surface area (Å²) in [5.74, 6) is 0.492. The molecule has 0 spiro atoms. The van der Waals surface area contributed by atoms with Gasteiger partial charge >= 0.3 is 0 Å². The molecule has 2 aliphatic rings. The minimum Gasteiger partial charge on any atom is -0.315 e. The van der Waals surface area contributed by atoms with Gasteiger partial charge in [0.05, 0.1) is 5.25 Å². The van der Waals surface area contributed by atoms with Crippen LogP contribution in [0.1, 0.15) is 19.3 Å².